The highest BCUT2D eigenvalue weighted by Crippen LogP contribution is 2.34. The molecule has 0 aliphatic heterocycles. The number of carbonyl (C=O) groups is 2. The SMILES string of the molecule is CCCCCCCCCCCCCCCOC(=O)C(CC)(CC)C(=O)Oc1ccccc1OC(C)C. The van der Waals surface area contributed by atoms with Crippen LogP contribution in [0.3, 0.4) is 0 Å². The van der Waals surface area contributed by atoms with Crippen LogP contribution in [0.25, 0.3) is 0 Å². The zero-order valence-corrected chi connectivity index (χ0v) is 23.7. The fourth-order valence-corrected chi connectivity index (χ4v) is 4.42. The third-order valence-electron chi connectivity index (χ3n) is 6.88. The van der Waals surface area contributed by atoms with Crippen molar-refractivity contribution in [2.45, 2.75) is 137 Å². The first kappa shape index (κ1) is 32.0. The van der Waals surface area contributed by atoms with Gasteiger partial charge in [-0.3, -0.25) is 9.59 Å². The van der Waals surface area contributed by atoms with E-state index in [0.717, 1.165) is 19.3 Å². The largest absolute Gasteiger partial charge is 0.487 e. The Kier molecular flexibility index (Phi) is 17.0. The molecule has 0 aromatic heterocycles. The van der Waals surface area contributed by atoms with Crippen molar-refractivity contribution >= 4 is 11.9 Å². The first-order valence-electron chi connectivity index (χ1n) is 14.6. The number of unbranched alkanes of at least 4 members (excludes halogenated alkanes) is 12. The normalized spacial score (nSPS) is 11.5. The van der Waals surface area contributed by atoms with Crippen LogP contribution in [0.1, 0.15) is 131 Å². The Labute approximate surface area is 220 Å². The maximum atomic E-state index is 13.1. The van der Waals surface area contributed by atoms with E-state index in [0.29, 0.717) is 30.9 Å². The highest BCUT2D eigenvalue weighted by atomic mass is 16.6. The summed E-state index contributed by atoms with van der Waals surface area (Å²) in [5.74, 6) is -0.254. The minimum Gasteiger partial charge on any atom is -0.487 e. The Hall–Kier alpha value is -2.04. The molecule has 5 heteroatoms. The van der Waals surface area contributed by atoms with E-state index in [1.807, 2.05) is 33.8 Å². The van der Waals surface area contributed by atoms with E-state index in [4.69, 9.17) is 14.2 Å². The molecular formula is C31H52O5. The van der Waals surface area contributed by atoms with Crippen LogP contribution in [-0.2, 0) is 14.3 Å². The van der Waals surface area contributed by atoms with Gasteiger partial charge in [0.25, 0.3) is 0 Å². The van der Waals surface area contributed by atoms with Crippen molar-refractivity contribution in [3.8, 4) is 11.5 Å². The van der Waals surface area contributed by atoms with Gasteiger partial charge in [-0.05, 0) is 45.2 Å². The first-order valence-corrected chi connectivity index (χ1v) is 14.6. The van der Waals surface area contributed by atoms with Crippen LogP contribution in [0.15, 0.2) is 24.3 Å². The van der Waals surface area contributed by atoms with E-state index >= 15 is 0 Å². The number of carbonyl (C=O) groups excluding carboxylic acids is 2. The molecule has 0 bridgehead atoms. The fourth-order valence-electron chi connectivity index (χ4n) is 4.42. The average molecular weight is 505 g/mol. The van der Waals surface area contributed by atoms with E-state index < -0.39 is 17.4 Å². The maximum absolute atomic E-state index is 13.1. The Balaban J connectivity index is 2.35. The lowest BCUT2D eigenvalue weighted by molar-refractivity contribution is -0.168. The second-order valence-corrected chi connectivity index (χ2v) is 10.2. The summed E-state index contributed by atoms with van der Waals surface area (Å²) in [6.45, 7) is 10.1. The number of benzene rings is 1. The second-order valence-electron chi connectivity index (χ2n) is 10.2. The van der Waals surface area contributed by atoms with E-state index in [9.17, 15) is 9.59 Å². The molecule has 0 atom stereocenters. The minimum atomic E-state index is -1.30. The van der Waals surface area contributed by atoms with Gasteiger partial charge in [0.05, 0.1) is 12.7 Å². The summed E-state index contributed by atoms with van der Waals surface area (Å²) in [4.78, 5) is 26.1. The second kappa shape index (κ2) is 19.1. The van der Waals surface area contributed by atoms with Gasteiger partial charge in [-0.2, -0.15) is 0 Å². The summed E-state index contributed by atoms with van der Waals surface area (Å²) in [6, 6.07) is 7.05. The van der Waals surface area contributed by atoms with Crippen molar-refractivity contribution < 1.29 is 23.8 Å². The molecule has 0 heterocycles. The highest BCUT2D eigenvalue weighted by Gasteiger charge is 2.46. The third kappa shape index (κ3) is 11.8. The Bertz CT molecular complexity index is 723. The van der Waals surface area contributed by atoms with Crippen molar-refractivity contribution in [1.29, 1.82) is 0 Å². The highest BCUT2D eigenvalue weighted by molar-refractivity contribution is 6.00. The summed E-state index contributed by atoms with van der Waals surface area (Å²) in [6.07, 6.45) is 17.0. The molecule has 0 spiro atoms. The molecular weight excluding hydrogens is 452 g/mol. The van der Waals surface area contributed by atoms with Gasteiger partial charge < -0.3 is 14.2 Å². The number of rotatable bonds is 21. The van der Waals surface area contributed by atoms with Crippen molar-refractivity contribution in [2.24, 2.45) is 5.41 Å². The van der Waals surface area contributed by atoms with Crippen LogP contribution < -0.4 is 9.47 Å². The smallest absolute Gasteiger partial charge is 0.328 e. The van der Waals surface area contributed by atoms with Gasteiger partial charge in [0.2, 0.25) is 0 Å². The first-order chi connectivity index (χ1) is 17.4. The standard InChI is InChI=1S/C31H52O5/c1-6-9-10-11-12-13-14-15-16-17-18-19-22-25-34-29(32)31(7-2,8-3)30(33)36-28-24-21-20-23-27(28)35-26(4)5/h20-21,23-24,26H,6-19,22,25H2,1-5H3. The lowest BCUT2D eigenvalue weighted by Gasteiger charge is -2.27. The van der Waals surface area contributed by atoms with Gasteiger partial charge in [0, 0.05) is 0 Å². The molecule has 1 aromatic rings. The van der Waals surface area contributed by atoms with Crippen molar-refractivity contribution in [3.63, 3.8) is 0 Å². The molecule has 0 unspecified atom stereocenters. The Morgan fingerprint density at radius 3 is 1.64 bits per heavy atom. The van der Waals surface area contributed by atoms with E-state index in [1.54, 1.807) is 18.2 Å². The van der Waals surface area contributed by atoms with E-state index in [-0.39, 0.29) is 6.10 Å². The van der Waals surface area contributed by atoms with Gasteiger partial charge >= 0.3 is 11.9 Å². The number of para-hydroxylation sites is 2. The maximum Gasteiger partial charge on any atom is 0.328 e. The molecule has 1 aromatic carbocycles. The summed E-state index contributed by atoms with van der Waals surface area (Å²) < 4.78 is 17.0. The van der Waals surface area contributed by atoms with Crippen LogP contribution in [0.5, 0.6) is 11.5 Å². The Morgan fingerprint density at radius 1 is 0.694 bits per heavy atom. The quantitative estimate of drug-likeness (QED) is 0.0724. The molecule has 36 heavy (non-hydrogen) atoms. The summed E-state index contributed by atoms with van der Waals surface area (Å²) >= 11 is 0. The van der Waals surface area contributed by atoms with Crippen LogP contribution >= 0.6 is 0 Å². The van der Waals surface area contributed by atoms with Crippen LogP contribution in [0, 0.1) is 5.41 Å². The fraction of sp³-hybridized carbons (Fsp3) is 0.742. The van der Waals surface area contributed by atoms with E-state index in [1.165, 1.54) is 64.2 Å². The molecule has 0 fully saturated rings. The molecule has 206 valence electrons. The molecule has 0 saturated carbocycles. The van der Waals surface area contributed by atoms with Gasteiger partial charge in [-0.25, -0.2) is 0 Å². The number of hydrogen-bond donors (Lipinski definition) is 0. The molecule has 0 aliphatic carbocycles. The van der Waals surface area contributed by atoms with Crippen molar-refractivity contribution in [2.75, 3.05) is 6.61 Å². The van der Waals surface area contributed by atoms with Gasteiger partial charge in [-0.15, -0.1) is 0 Å². The zero-order chi connectivity index (χ0) is 26.7. The lowest BCUT2D eigenvalue weighted by atomic mass is 9.82. The van der Waals surface area contributed by atoms with Crippen molar-refractivity contribution in [1.82, 2.24) is 0 Å². The predicted molar refractivity (Wildman–Crippen MR) is 148 cm³/mol. The number of hydrogen-bond acceptors (Lipinski definition) is 5. The van der Waals surface area contributed by atoms with Crippen molar-refractivity contribution in [3.05, 3.63) is 24.3 Å². The molecule has 1 rings (SSSR count). The monoisotopic (exact) mass is 504 g/mol. The molecule has 0 amide bonds. The van der Waals surface area contributed by atoms with Crippen LogP contribution in [-0.4, -0.2) is 24.6 Å². The van der Waals surface area contributed by atoms with E-state index in [2.05, 4.69) is 6.92 Å². The molecule has 0 radical (unpaired) electrons. The Morgan fingerprint density at radius 2 is 1.17 bits per heavy atom. The molecule has 0 saturated heterocycles. The van der Waals surface area contributed by atoms with Gasteiger partial charge in [0.1, 0.15) is 0 Å². The lowest BCUT2D eigenvalue weighted by Crippen LogP contribution is -2.42. The zero-order valence-electron chi connectivity index (χ0n) is 23.7. The molecule has 5 nitrogen and oxygen atoms in total. The minimum absolute atomic E-state index is 0.0581. The summed E-state index contributed by atoms with van der Waals surface area (Å²) in [5.41, 5.74) is -1.30. The number of ether oxygens (including phenoxy) is 3. The predicted octanol–water partition coefficient (Wildman–Crippen LogP) is 8.82. The van der Waals surface area contributed by atoms with Gasteiger partial charge in [-0.1, -0.05) is 110 Å². The molecule has 0 aliphatic rings. The van der Waals surface area contributed by atoms with Crippen LogP contribution in [0.2, 0.25) is 0 Å². The van der Waals surface area contributed by atoms with Crippen LogP contribution in [0.4, 0.5) is 0 Å². The summed E-state index contributed by atoms with van der Waals surface area (Å²) in [7, 11) is 0. The van der Waals surface area contributed by atoms with Gasteiger partial charge in [0.15, 0.2) is 16.9 Å². The topological polar surface area (TPSA) is 61.8 Å². The molecule has 0 N–H and O–H groups in total. The average Bonchev–Trinajstić information content (AvgIpc) is 2.86. The number of esters is 2. The summed E-state index contributed by atoms with van der Waals surface area (Å²) in [5, 5.41) is 0. The third-order valence-corrected chi connectivity index (χ3v) is 6.88.